The van der Waals surface area contributed by atoms with Gasteiger partial charge in [0.2, 0.25) is 5.71 Å². The number of pyridine rings is 2. The molecule has 5 heteroatoms. The molecule has 0 atom stereocenters. The molecule has 0 saturated carbocycles. The van der Waals surface area contributed by atoms with Crippen LogP contribution in [0.5, 0.6) is 0 Å². The maximum atomic E-state index is 6.19. The molecule has 0 saturated heterocycles. The fourth-order valence-corrected chi connectivity index (χ4v) is 4.48. The van der Waals surface area contributed by atoms with Crippen LogP contribution in [-0.4, -0.2) is 19.5 Å². The van der Waals surface area contributed by atoms with Crippen LogP contribution < -0.4 is 0 Å². The molecule has 0 unspecified atom stereocenters. The molecule has 5 nitrogen and oxygen atoms in total. The Kier molecular flexibility index (Phi) is 4.08. The Morgan fingerprint density at radius 2 is 1.44 bits per heavy atom. The molecule has 7 rings (SSSR count). The number of imidazole rings is 1. The molecule has 0 fully saturated rings. The number of hydrogen-bond donors (Lipinski definition) is 0. The quantitative estimate of drug-likeness (QED) is 0.297. The largest absolute Gasteiger partial charge is 0.436 e. The van der Waals surface area contributed by atoms with Crippen molar-refractivity contribution >= 4 is 33.2 Å². The lowest BCUT2D eigenvalue weighted by molar-refractivity contribution is 0.654. The van der Waals surface area contributed by atoms with E-state index in [1.165, 1.54) is 0 Å². The Bertz CT molecular complexity index is 1800. The topological polar surface area (TPSA) is 56.7 Å². The molecule has 0 aliphatic rings. The lowest BCUT2D eigenvalue weighted by atomic mass is 10.1. The lowest BCUT2D eigenvalue weighted by Gasteiger charge is -2.09. The van der Waals surface area contributed by atoms with Gasteiger partial charge in [-0.2, -0.15) is 0 Å². The summed E-state index contributed by atoms with van der Waals surface area (Å²) in [7, 11) is 0. The zero-order chi connectivity index (χ0) is 22.5. The van der Waals surface area contributed by atoms with Gasteiger partial charge in [0.05, 0.1) is 22.1 Å². The number of para-hydroxylation sites is 3. The first kappa shape index (κ1) is 18.8. The van der Waals surface area contributed by atoms with E-state index in [-0.39, 0.29) is 0 Å². The van der Waals surface area contributed by atoms with Crippen LogP contribution in [0.3, 0.4) is 0 Å². The summed E-state index contributed by atoms with van der Waals surface area (Å²) in [6.07, 6.45) is 1.86. The van der Waals surface area contributed by atoms with Gasteiger partial charge in [-0.25, -0.2) is 9.97 Å². The molecule has 4 aromatic heterocycles. The van der Waals surface area contributed by atoms with Gasteiger partial charge in [0.25, 0.3) is 0 Å². The third kappa shape index (κ3) is 2.91. The molecule has 0 radical (unpaired) electrons. The molecule has 0 aliphatic carbocycles. The SMILES string of the molecule is c1ccc(-c2ccc3c(n2)oc2cc(-c4nc5ccccc5n4-c4ccccc4)cnc23)cc1. The number of aromatic nitrogens is 4. The fraction of sp³-hybridized carbons (Fsp3) is 0. The average Bonchev–Trinajstić information content (AvgIpc) is 3.47. The Morgan fingerprint density at radius 1 is 0.676 bits per heavy atom. The van der Waals surface area contributed by atoms with Crippen LogP contribution in [0.25, 0.3) is 61.6 Å². The van der Waals surface area contributed by atoms with Crippen LogP contribution in [0, 0.1) is 0 Å². The van der Waals surface area contributed by atoms with Gasteiger partial charge in [-0.05, 0) is 42.5 Å². The van der Waals surface area contributed by atoms with Gasteiger partial charge in [-0.1, -0.05) is 60.7 Å². The van der Waals surface area contributed by atoms with E-state index in [1.807, 2.05) is 91.1 Å². The van der Waals surface area contributed by atoms with E-state index in [2.05, 4.69) is 22.8 Å². The molecule has 0 bridgehead atoms. The van der Waals surface area contributed by atoms with Crippen molar-refractivity contribution in [1.29, 1.82) is 0 Å². The molecule has 160 valence electrons. The van der Waals surface area contributed by atoms with E-state index >= 15 is 0 Å². The van der Waals surface area contributed by atoms with Crippen LogP contribution in [0.1, 0.15) is 0 Å². The predicted molar refractivity (Wildman–Crippen MR) is 135 cm³/mol. The predicted octanol–water partition coefficient (Wildman–Crippen LogP) is 7.05. The summed E-state index contributed by atoms with van der Waals surface area (Å²) in [6.45, 7) is 0. The Labute approximate surface area is 195 Å². The zero-order valence-electron chi connectivity index (χ0n) is 18.1. The molecule has 34 heavy (non-hydrogen) atoms. The molecule has 3 aromatic carbocycles. The van der Waals surface area contributed by atoms with Crippen molar-refractivity contribution in [2.75, 3.05) is 0 Å². The third-order valence-electron chi connectivity index (χ3n) is 6.08. The van der Waals surface area contributed by atoms with E-state index in [1.54, 1.807) is 0 Å². The number of benzene rings is 3. The van der Waals surface area contributed by atoms with Gasteiger partial charge >= 0.3 is 0 Å². The van der Waals surface area contributed by atoms with Crippen molar-refractivity contribution in [3.8, 4) is 28.3 Å². The van der Waals surface area contributed by atoms with Crippen LogP contribution in [0.2, 0.25) is 0 Å². The summed E-state index contributed by atoms with van der Waals surface area (Å²) < 4.78 is 8.35. The monoisotopic (exact) mass is 438 g/mol. The Morgan fingerprint density at radius 3 is 2.29 bits per heavy atom. The van der Waals surface area contributed by atoms with Crippen molar-refractivity contribution < 1.29 is 4.42 Å². The van der Waals surface area contributed by atoms with Gasteiger partial charge in [0.15, 0.2) is 5.58 Å². The number of fused-ring (bicyclic) bond motifs is 4. The number of furan rings is 1. The zero-order valence-corrected chi connectivity index (χ0v) is 18.1. The van der Waals surface area contributed by atoms with E-state index < -0.39 is 0 Å². The molecule has 0 amide bonds. The summed E-state index contributed by atoms with van der Waals surface area (Å²) in [4.78, 5) is 14.5. The van der Waals surface area contributed by atoms with Gasteiger partial charge in [0.1, 0.15) is 11.3 Å². The Hall–Kier alpha value is -4.77. The van der Waals surface area contributed by atoms with E-state index in [0.29, 0.717) is 11.3 Å². The number of rotatable bonds is 3. The second-order valence-corrected chi connectivity index (χ2v) is 8.18. The fourth-order valence-electron chi connectivity index (χ4n) is 4.48. The smallest absolute Gasteiger partial charge is 0.229 e. The second-order valence-electron chi connectivity index (χ2n) is 8.18. The van der Waals surface area contributed by atoms with Crippen LogP contribution in [0.15, 0.2) is 114 Å². The van der Waals surface area contributed by atoms with Crippen molar-refractivity contribution in [3.05, 3.63) is 109 Å². The second kappa shape index (κ2) is 7.39. The maximum Gasteiger partial charge on any atom is 0.229 e. The highest BCUT2D eigenvalue weighted by molar-refractivity contribution is 6.02. The molecule has 0 spiro atoms. The molecule has 7 aromatic rings. The highest BCUT2D eigenvalue weighted by Crippen LogP contribution is 2.33. The standard InChI is InChI=1S/C29H18N4O/c1-3-9-19(10-4-1)23-16-15-22-27-26(34-29(22)32-23)17-20(18-30-27)28-31-24-13-7-8-14-25(24)33(28)21-11-5-2-6-12-21/h1-18H. The number of hydrogen-bond acceptors (Lipinski definition) is 4. The van der Waals surface area contributed by atoms with Crippen molar-refractivity contribution in [2.45, 2.75) is 0 Å². The van der Waals surface area contributed by atoms with Crippen molar-refractivity contribution in [3.63, 3.8) is 0 Å². The minimum absolute atomic E-state index is 0.581. The summed E-state index contributed by atoms with van der Waals surface area (Å²) in [5, 5.41) is 0.901. The van der Waals surface area contributed by atoms with Gasteiger partial charge in [-0.15, -0.1) is 0 Å². The van der Waals surface area contributed by atoms with Crippen LogP contribution in [0.4, 0.5) is 0 Å². The van der Waals surface area contributed by atoms with E-state index in [4.69, 9.17) is 19.4 Å². The molecule has 0 aliphatic heterocycles. The normalized spacial score (nSPS) is 11.5. The molecular formula is C29H18N4O. The summed E-state index contributed by atoms with van der Waals surface area (Å²) in [6, 6.07) is 34.5. The van der Waals surface area contributed by atoms with E-state index in [9.17, 15) is 0 Å². The summed E-state index contributed by atoms with van der Waals surface area (Å²) in [5.41, 5.74) is 7.90. The number of nitrogens with zero attached hydrogens (tertiary/aromatic N) is 4. The first-order valence-corrected chi connectivity index (χ1v) is 11.1. The average molecular weight is 438 g/mol. The minimum Gasteiger partial charge on any atom is -0.436 e. The van der Waals surface area contributed by atoms with Crippen molar-refractivity contribution in [1.82, 2.24) is 19.5 Å². The molecule has 0 N–H and O–H groups in total. The van der Waals surface area contributed by atoms with Crippen LogP contribution in [-0.2, 0) is 0 Å². The first-order valence-electron chi connectivity index (χ1n) is 11.1. The molecular weight excluding hydrogens is 420 g/mol. The first-order chi connectivity index (χ1) is 16.8. The van der Waals surface area contributed by atoms with Gasteiger partial charge < -0.3 is 4.42 Å². The lowest BCUT2D eigenvalue weighted by Crippen LogP contribution is -1.97. The highest BCUT2D eigenvalue weighted by Gasteiger charge is 2.17. The highest BCUT2D eigenvalue weighted by atomic mass is 16.3. The third-order valence-corrected chi connectivity index (χ3v) is 6.08. The maximum absolute atomic E-state index is 6.19. The van der Waals surface area contributed by atoms with E-state index in [0.717, 1.165) is 50.3 Å². The Balaban J connectivity index is 1.42. The van der Waals surface area contributed by atoms with Crippen molar-refractivity contribution in [2.24, 2.45) is 0 Å². The summed E-state index contributed by atoms with van der Waals surface area (Å²) >= 11 is 0. The van der Waals surface area contributed by atoms with Gasteiger partial charge in [-0.3, -0.25) is 9.55 Å². The summed E-state index contributed by atoms with van der Waals surface area (Å²) in [5.74, 6) is 0.820. The van der Waals surface area contributed by atoms with Gasteiger partial charge in [0, 0.05) is 23.0 Å². The molecule has 4 heterocycles. The van der Waals surface area contributed by atoms with Crippen LogP contribution >= 0.6 is 0 Å². The minimum atomic E-state index is 0.581.